The number of aromatic nitrogens is 4. The van der Waals surface area contributed by atoms with Crippen LogP contribution in [-0.2, 0) is 22.3 Å². The quantitative estimate of drug-likeness (QED) is 0.694. The van der Waals surface area contributed by atoms with Gasteiger partial charge in [0, 0.05) is 37.3 Å². The minimum Gasteiger partial charge on any atom is -0.378 e. The number of hydrogen-bond acceptors (Lipinski definition) is 8. The van der Waals surface area contributed by atoms with Gasteiger partial charge in [0.15, 0.2) is 0 Å². The van der Waals surface area contributed by atoms with Gasteiger partial charge < -0.3 is 19.3 Å². The summed E-state index contributed by atoms with van der Waals surface area (Å²) in [5.41, 5.74) is 6.13. The molecule has 0 amide bonds. The predicted octanol–water partition coefficient (Wildman–Crippen LogP) is 2.77. The number of aryl methyl sites for hydroxylation is 2. The fourth-order valence-corrected chi connectivity index (χ4v) is 4.75. The van der Waals surface area contributed by atoms with Crippen LogP contribution in [0.1, 0.15) is 41.1 Å². The molecule has 8 heteroatoms. The highest BCUT2D eigenvalue weighted by Gasteiger charge is 2.23. The SMILES string of the molecule is CC1=Cc2nc(C)nc(N3CCOCC3)c2C1.Cc1nc2c(c(N3CCOCC3)n1)CC=C2. The Morgan fingerprint density at radius 2 is 1.24 bits per heavy atom. The van der Waals surface area contributed by atoms with Crippen LogP contribution in [0.15, 0.2) is 11.6 Å². The van der Waals surface area contributed by atoms with Gasteiger partial charge in [-0.25, -0.2) is 19.9 Å². The first kappa shape index (κ1) is 22.0. The van der Waals surface area contributed by atoms with E-state index in [9.17, 15) is 0 Å². The minimum absolute atomic E-state index is 0.796. The van der Waals surface area contributed by atoms with Gasteiger partial charge in [0.05, 0.1) is 37.8 Å². The lowest BCUT2D eigenvalue weighted by Gasteiger charge is -2.29. The topological polar surface area (TPSA) is 76.5 Å². The molecule has 33 heavy (non-hydrogen) atoms. The van der Waals surface area contributed by atoms with Gasteiger partial charge in [-0.15, -0.1) is 0 Å². The molecule has 0 unspecified atom stereocenters. The number of ether oxygens (including phenoxy) is 2. The Bertz CT molecular complexity index is 1080. The maximum Gasteiger partial charge on any atom is 0.136 e. The zero-order valence-electron chi connectivity index (χ0n) is 19.8. The molecular formula is C25H32N6O2. The summed E-state index contributed by atoms with van der Waals surface area (Å²) >= 11 is 0. The van der Waals surface area contributed by atoms with Gasteiger partial charge in [-0.3, -0.25) is 0 Å². The summed E-state index contributed by atoms with van der Waals surface area (Å²) in [6.45, 7) is 13.0. The van der Waals surface area contributed by atoms with Crippen LogP contribution in [0, 0.1) is 13.8 Å². The highest BCUT2D eigenvalue weighted by Crippen LogP contribution is 2.31. The second-order valence-electron chi connectivity index (χ2n) is 8.89. The molecular weight excluding hydrogens is 416 g/mol. The number of nitrogens with zero attached hydrogens (tertiary/aromatic N) is 6. The van der Waals surface area contributed by atoms with E-state index in [0.29, 0.717) is 0 Å². The lowest BCUT2D eigenvalue weighted by Crippen LogP contribution is -2.37. The molecule has 0 N–H and O–H groups in total. The van der Waals surface area contributed by atoms with Crippen molar-refractivity contribution in [3.8, 4) is 0 Å². The average Bonchev–Trinajstić information content (AvgIpc) is 3.45. The number of rotatable bonds is 2. The maximum atomic E-state index is 5.39. The lowest BCUT2D eigenvalue weighted by atomic mass is 10.1. The third-order valence-corrected chi connectivity index (χ3v) is 6.32. The van der Waals surface area contributed by atoms with E-state index in [1.807, 2.05) is 13.8 Å². The fraction of sp³-hybridized carbons (Fsp3) is 0.520. The molecule has 2 aliphatic carbocycles. The van der Waals surface area contributed by atoms with Crippen LogP contribution in [0.2, 0.25) is 0 Å². The molecule has 0 bridgehead atoms. The summed E-state index contributed by atoms with van der Waals surface area (Å²) in [5, 5.41) is 0. The first-order chi connectivity index (χ1) is 16.1. The molecule has 174 valence electrons. The standard InChI is InChI=1S/C13H17N3O.C12H15N3O/c1-9-7-11-12(8-9)14-10(2)15-13(11)16-3-5-17-6-4-16;1-9-13-11-4-2-3-10(11)12(14-9)15-5-7-16-8-6-15/h8H,3-7H2,1-2H3;2,4H,3,5-8H2,1H3. The van der Waals surface area contributed by atoms with Crippen molar-refractivity contribution < 1.29 is 9.47 Å². The molecule has 4 aliphatic rings. The Labute approximate surface area is 195 Å². The summed E-state index contributed by atoms with van der Waals surface area (Å²) in [6, 6.07) is 0. The van der Waals surface area contributed by atoms with Crippen LogP contribution in [-0.4, -0.2) is 72.5 Å². The van der Waals surface area contributed by atoms with E-state index in [-0.39, 0.29) is 0 Å². The van der Waals surface area contributed by atoms with Gasteiger partial charge in [0.2, 0.25) is 0 Å². The summed E-state index contributed by atoms with van der Waals surface area (Å²) in [6.07, 6.45) is 8.37. The number of anilines is 2. The Morgan fingerprint density at radius 1 is 0.697 bits per heavy atom. The predicted molar refractivity (Wildman–Crippen MR) is 130 cm³/mol. The molecule has 0 radical (unpaired) electrons. The molecule has 2 fully saturated rings. The van der Waals surface area contributed by atoms with Gasteiger partial charge in [-0.05, 0) is 45.8 Å². The molecule has 2 aromatic rings. The molecule has 2 saturated heterocycles. The van der Waals surface area contributed by atoms with Crippen molar-refractivity contribution in [1.29, 1.82) is 0 Å². The number of hydrogen-bond donors (Lipinski definition) is 0. The summed E-state index contributed by atoms with van der Waals surface area (Å²) in [5.74, 6) is 3.93. The van der Waals surface area contributed by atoms with Gasteiger partial charge in [0.25, 0.3) is 0 Å². The van der Waals surface area contributed by atoms with E-state index in [4.69, 9.17) is 9.47 Å². The van der Waals surface area contributed by atoms with E-state index in [2.05, 4.69) is 54.9 Å². The van der Waals surface area contributed by atoms with Crippen molar-refractivity contribution in [2.45, 2.75) is 33.6 Å². The van der Waals surface area contributed by atoms with Crippen LogP contribution in [0.3, 0.4) is 0 Å². The molecule has 2 aliphatic heterocycles. The van der Waals surface area contributed by atoms with Crippen molar-refractivity contribution in [1.82, 2.24) is 19.9 Å². The van der Waals surface area contributed by atoms with E-state index < -0.39 is 0 Å². The van der Waals surface area contributed by atoms with Crippen LogP contribution in [0.25, 0.3) is 12.2 Å². The maximum absolute atomic E-state index is 5.39. The van der Waals surface area contributed by atoms with Crippen molar-refractivity contribution in [3.63, 3.8) is 0 Å². The van der Waals surface area contributed by atoms with Crippen molar-refractivity contribution in [3.05, 3.63) is 45.8 Å². The van der Waals surface area contributed by atoms with Crippen molar-refractivity contribution in [2.24, 2.45) is 0 Å². The lowest BCUT2D eigenvalue weighted by molar-refractivity contribution is 0.122. The summed E-state index contributed by atoms with van der Waals surface area (Å²) < 4.78 is 10.8. The summed E-state index contributed by atoms with van der Waals surface area (Å²) in [7, 11) is 0. The fourth-order valence-electron chi connectivity index (χ4n) is 4.75. The van der Waals surface area contributed by atoms with Crippen molar-refractivity contribution >= 4 is 23.8 Å². The third kappa shape index (κ3) is 4.77. The van der Waals surface area contributed by atoms with Gasteiger partial charge in [-0.2, -0.15) is 0 Å². The first-order valence-electron chi connectivity index (χ1n) is 11.8. The second-order valence-corrected chi connectivity index (χ2v) is 8.89. The van der Waals surface area contributed by atoms with E-state index >= 15 is 0 Å². The van der Waals surface area contributed by atoms with Gasteiger partial charge in [-0.1, -0.05) is 11.6 Å². The van der Waals surface area contributed by atoms with Gasteiger partial charge in [0.1, 0.15) is 23.3 Å². The summed E-state index contributed by atoms with van der Waals surface area (Å²) in [4.78, 5) is 22.8. The molecule has 0 saturated carbocycles. The Hall–Kier alpha value is -2.84. The average molecular weight is 449 g/mol. The normalized spacial score (nSPS) is 19.1. The Kier molecular flexibility index (Phi) is 6.37. The highest BCUT2D eigenvalue weighted by molar-refractivity contribution is 5.67. The molecule has 8 nitrogen and oxygen atoms in total. The van der Waals surface area contributed by atoms with Crippen molar-refractivity contribution in [2.75, 3.05) is 62.4 Å². The monoisotopic (exact) mass is 448 g/mol. The number of morpholine rings is 2. The molecule has 0 atom stereocenters. The van der Waals surface area contributed by atoms with E-state index in [1.54, 1.807) is 0 Å². The number of fused-ring (bicyclic) bond motifs is 2. The molecule has 6 rings (SSSR count). The zero-order valence-corrected chi connectivity index (χ0v) is 19.8. The number of allylic oxidation sites excluding steroid dienone is 2. The molecule has 4 heterocycles. The van der Waals surface area contributed by atoms with Crippen LogP contribution in [0.4, 0.5) is 11.6 Å². The van der Waals surface area contributed by atoms with Crippen LogP contribution >= 0.6 is 0 Å². The third-order valence-electron chi connectivity index (χ3n) is 6.32. The van der Waals surface area contributed by atoms with Crippen LogP contribution < -0.4 is 9.80 Å². The van der Waals surface area contributed by atoms with E-state index in [0.717, 1.165) is 100 Å². The van der Waals surface area contributed by atoms with E-state index in [1.165, 1.54) is 16.7 Å². The van der Waals surface area contributed by atoms with Crippen LogP contribution in [0.5, 0.6) is 0 Å². The molecule has 0 spiro atoms. The largest absolute Gasteiger partial charge is 0.378 e. The second kappa shape index (κ2) is 9.57. The molecule has 0 aromatic carbocycles. The first-order valence-corrected chi connectivity index (χ1v) is 11.8. The minimum atomic E-state index is 0.796. The Balaban J connectivity index is 0.000000139. The Morgan fingerprint density at radius 3 is 1.85 bits per heavy atom. The molecule has 2 aromatic heterocycles. The smallest absolute Gasteiger partial charge is 0.136 e. The van der Waals surface area contributed by atoms with Gasteiger partial charge >= 0.3 is 0 Å². The highest BCUT2D eigenvalue weighted by atomic mass is 16.5. The zero-order chi connectivity index (χ0) is 22.8.